The van der Waals surface area contributed by atoms with E-state index >= 15 is 4.39 Å². The van der Waals surface area contributed by atoms with Crippen LogP contribution in [0, 0.1) is 29.5 Å². The van der Waals surface area contributed by atoms with Gasteiger partial charge in [-0.25, -0.2) is 4.39 Å². The first kappa shape index (κ1) is 23.5. The van der Waals surface area contributed by atoms with Crippen molar-refractivity contribution in [3.05, 3.63) is 59.9 Å². The lowest BCUT2D eigenvalue weighted by molar-refractivity contribution is 0.141. The number of aryl methyl sites for hydroxylation is 2. The molecule has 0 nitrogen and oxygen atoms in total. The van der Waals surface area contributed by atoms with Crippen molar-refractivity contribution >= 4 is 10.8 Å². The molecule has 2 saturated carbocycles. The summed E-state index contributed by atoms with van der Waals surface area (Å²) in [6, 6.07) is 10.4. The van der Waals surface area contributed by atoms with Crippen molar-refractivity contribution in [1.29, 1.82) is 0 Å². The molecule has 0 aliphatic heterocycles. The Morgan fingerprint density at radius 1 is 0.844 bits per heavy atom. The smallest absolute Gasteiger partial charge is 0.134 e. The normalized spacial score (nSPS) is 26.3. The highest BCUT2D eigenvalue weighted by Crippen LogP contribution is 2.43. The van der Waals surface area contributed by atoms with Crippen molar-refractivity contribution in [2.45, 2.75) is 96.8 Å². The molecule has 0 amide bonds. The molecule has 0 spiro atoms. The van der Waals surface area contributed by atoms with Gasteiger partial charge in [-0.15, -0.1) is 6.58 Å². The fourth-order valence-electron chi connectivity index (χ4n) is 6.67. The van der Waals surface area contributed by atoms with Crippen molar-refractivity contribution in [2.75, 3.05) is 0 Å². The zero-order valence-electron chi connectivity index (χ0n) is 20.3. The zero-order valence-corrected chi connectivity index (χ0v) is 20.3. The summed E-state index contributed by atoms with van der Waals surface area (Å²) < 4.78 is 15.2. The van der Waals surface area contributed by atoms with Crippen LogP contribution in [0.3, 0.4) is 0 Å². The number of hydrogen-bond donors (Lipinski definition) is 0. The lowest BCUT2D eigenvalue weighted by Crippen LogP contribution is -2.26. The molecule has 1 heteroatoms. The summed E-state index contributed by atoms with van der Waals surface area (Å²) in [6.07, 6.45) is 20.2. The summed E-state index contributed by atoms with van der Waals surface area (Å²) in [5.41, 5.74) is 2.17. The number of hydrogen-bond acceptors (Lipinski definition) is 0. The zero-order chi connectivity index (χ0) is 22.3. The predicted octanol–water partition coefficient (Wildman–Crippen LogP) is 9.44. The van der Waals surface area contributed by atoms with Gasteiger partial charge in [0, 0.05) is 5.39 Å². The first-order chi connectivity index (χ1) is 15.7. The summed E-state index contributed by atoms with van der Waals surface area (Å²) in [5, 5.41) is 1.81. The second kappa shape index (κ2) is 11.5. The van der Waals surface area contributed by atoms with Crippen LogP contribution in [0.15, 0.2) is 43.0 Å². The molecule has 0 heterocycles. The molecule has 0 atom stereocenters. The third-order valence-electron chi connectivity index (χ3n) is 8.70. The van der Waals surface area contributed by atoms with E-state index in [9.17, 15) is 0 Å². The topological polar surface area (TPSA) is 0 Å². The van der Waals surface area contributed by atoms with Crippen LogP contribution in [0.1, 0.15) is 95.1 Å². The number of benzene rings is 2. The minimum absolute atomic E-state index is 0.00953. The summed E-state index contributed by atoms with van der Waals surface area (Å²) in [6.45, 7) is 6.13. The third-order valence-corrected chi connectivity index (χ3v) is 8.70. The molecule has 0 unspecified atom stereocenters. The van der Waals surface area contributed by atoms with Crippen LogP contribution in [0.5, 0.6) is 0 Å². The maximum atomic E-state index is 15.2. The minimum Gasteiger partial charge on any atom is -0.206 e. The highest BCUT2D eigenvalue weighted by molar-refractivity contribution is 5.84. The Morgan fingerprint density at radius 2 is 1.50 bits per heavy atom. The Kier molecular flexibility index (Phi) is 8.44. The first-order valence-corrected chi connectivity index (χ1v) is 13.5. The molecule has 2 aromatic rings. The Bertz CT molecular complexity index is 865. The highest BCUT2D eigenvalue weighted by Gasteiger charge is 2.30. The molecule has 0 aromatic heterocycles. The molecule has 0 N–H and O–H groups in total. The van der Waals surface area contributed by atoms with Gasteiger partial charge in [-0.2, -0.15) is 0 Å². The van der Waals surface area contributed by atoms with E-state index in [0.29, 0.717) is 0 Å². The van der Waals surface area contributed by atoms with Gasteiger partial charge >= 0.3 is 0 Å². The van der Waals surface area contributed by atoms with Gasteiger partial charge < -0.3 is 0 Å². The van der Waals surface area contributed by atoms with Crippen molar-refractivity contribution < 1.29 is 4.39 Å². The molecule has 32 heavy (non-hydrogen) atoms. The maximum Gasteiger partial charge on any atom is 0.134 e. The van der Waals surface area contributed by atoms with E-state index in [1.54, 1.807) is 0 Å². The van der Waals surface area contributed by atoms with Gasteiger partial charge in [0.05, 0.1) is 0 Å². The van der Waals surface area contributed by atoms with Crippen LogP contribution in [0.4, 0.5) is 4.39 Å². The molecular weight excluding hydrogens is 391 g/mol. The van der Waals surface area contributed by atoms with Crippen LogP contribution in [0.25, 0.3) is 10.8 Å². The average molecular weight is 435 g/mol. The second-order valence-corrected chi connectivity index (χ2v) is 10.8. The predicted molar refractivity (Wildman–Crippen MR) is 137 cm³/mol. The third kappa shape index (κ3) is 5.83. The molecule has 4 rings (SSSR count). The fraction of sp³-hybridized carbons (Fsp3) is 0.613. The number of rotatable bonds is 9. The van der Waals surface area contributed by atoms with Gasteiger partial charge in [0.2, 0.25) is 0 Å². The van der Waals surface area contributed by atoms with Gasteiger partial charge in [0.1, 0.15) is 5.82 Å². The standard InChI is InChI=1S/C31H43F/c1-3-5-7-25-13-21-30-29(22-25)20-19-28(31(30)32)18-12-24-10-16-27(17-11-24)26-14-8-23(6-4-2)9-15-26/h3,13,19-24,26-27H,1,4-12,14-18H2,2H3. The summed E-state index contributed by atoms with van der Waals surface area (Å²) in [7, 11) is 0. The van der Waals surface area contributed by atoms with E-state index in [1.165, 1.54) is 69.8 Å². The fourth-order valence-corrected chi connectivity index (χ4v) is 6.67. The van der Waals surface area contributed by atoms with Gasteiger partial charge in [0.25, 0.3) is 0 Å². The Balaban J connectivity index is 1.26. The van der Waals surface area contributed by atoms with Gasteiger partial charge in [-0.3, -0.25) is 0 Å². The second-order valence-electron chi connectivity index (χ2n) is 10.8. The van der Waals surface area contributed by atoms with Gasteiger partial charge in [-0.05, 0) is 91.6 Å². The van der Waals surface area contributed by atoms with Crippen molar-refractivity contribution in [1.82, 2.24) is 0 Å². The number of halogens is 1. The lowest BCUT2D eigenvalue weighted by atomic mass is 9.68. The number of allylic oxidation sites excluding steroid dienone is 1. The quantitative estimate of drug-likeness (QED) is 0.345. The Labute approximate surface area is 195 Å². The first-order valence-electron chi connectivity index (χ1n) is 13.5. The minimum atomic E-state index is 0.00953. The molecule has 2 fully saturated rings. The van der Waals surface area contributed by atoms with E-state index < -0.39 is 0 Å². The largest absolute Gasteiger partial charge is 0.206 e. The number of fused-ring (bicyclic) bond motifs is 1. The van der Waals surface area contributed by atoms with Crippen molar-refractivity contribution in [3.63, 3.8) is 0 Å². The molecule has 0 saturated heterocycles. The summed E-state index contributed by atoms with van der Waals surface area (Å²) in [5.74, 6) is 3.79. The summed E-state index contributed by atoms with van der Waals surface area (Å²) in [4.78, 5) is 0. The van der Waals surface area contributed by atoms with Gasteiger partial charge in [-0.1, -0.05) is 81.9 Å². The Morgan fingerprint density at radius 3 is 2.12 bits per heavy atom. The van der Waals surface area contributed by atoms with E-state index in [4.69, 9.17) is 0 Å². The van der Waals surface area contributed by atoms with Crippen molar-refractivity contribution in [3.8, 4) is 0 Å². The highest BCUT2D eigenvalue weighted by atomic mass is 19.1. The van der Waals surface area contributed by atoms with E-state index in [1.807, 2.05) is 18.2 Å². The molecular formula is C31H43F. The molecule has 174 valence electrons. The van der Waals surface area contributed by atoms with E-state index in [2.05, 4.69) is 31.7 Å². The van der Waals surface area contributed by atoms with E-state index in [-0.39, 0.29) is 5.82 Å². The lowest BCUT2D eigenvalue weighted by Gasteiger charge is -2.38. The monoisotopic (exact) mass is 434 g/mol. The maximum absolute atomic E-state index is 15.2. The molecule has 2 aromatic carbocycles. The molecule has 0 bridgehead atoms. The SMILES string of the molecule is C=CCCc1ccc2c(F)c(CCC3CCC(C4CCC(CCC)CC4)CC3)ccc2c1. The average Bonchev–Trinajstić information content (AvgIpc) is 2.83. The molecule has 2 aliphatic carbocycles. The van der Waals surface area contributed by atoms with Crippen LogP contribution in [-0.2, 0) is 12.8 Å². The Hall–Kier alpha value is -1.63. The van der Waals surface area contributed by atoms with E-state index in [0.717, 1.165) is 65.7 Å². The van der Waals surface area contributed by atoms with Crippen LogP contribution < -0.4 is 0 Å². The molecule has 0 radical (unpaired) electrons. The molecule has 2 aliphatic rings. The summed E-state index contributed by atoms with van der Waals surface area (Å²) >= 11 is 0. The van der Waals surface area contributed by atoms with Crippen molar-refractivity contribution in [2.24, 2.45) is 23.7 Å². The van der Waals surface area contributed by atoms with Gasteiger partial charge in [0.15, 0.2) is 0 Å². The van der Waals surface area contributed by atoms with Crippen LogP contribution in [-0.4, -0.2) is 0 Å². The van der Waals surface area contributed by atoms with Crippen LogP contribution >= 0.6 is 0 Å². The van der Waals surface area contributed by atoms with Crippen LogP contribution in [0.2, 0.25) is 0 Å².